The van der Waals surface area contributed by atoms with Crippen LogP contribution in [0.4, 0.5) is 0 Å². The normalized spacial score (nSPS) is 11.3. The first-order valence-corrected chi connectivity index (χ1v) is 7.87. The van der Waals surface area contributed by atoms with Crippen LogP contribution in [0.1, 0.15) is 39.5 Å². The second-order valence-corrected chi connectivity index (χ2v) is 6.45. The van der Waals surface area contributed by atoms with Crippen molar-refractivity contribution in [1.29, 1.82) is 0 Å². The van der Waals surface area contributed by atoms with Crippen LogP contribution in [0.15, 0.2) is 35.2 Å². The Bertz CT molecular complexity index is 429. The molecule has 0 atom stereocenters. The molecule has 19 heavy (non-hydrogen) atoms. The van der Waals surface area contributed by atoms with E-state index >= 15 is 0 Å². The van der Waals surface area contributed by atoms with E-state index in [1.54, 1.807) is 30.3 Å². The fraction of sp³-hybridized carbons (Fsp3) is 0.571. The van der Waals surface area contributed by atoms with E-state index in [2.05, 4.69) is 13.8 Å². The summed E-state index contributed by atoms with van der Waals surface area (Å²) in [6, 6.07) is 8.27. The van der Waals surface area contributed by atoms with E-state index in [-0.39, 0.29) is 41.1 Å². The summed E-state index contributed by atoms with van der Waals surface area (Å²) >= 11 is 0. The SMILES string of the molecule is CC(C)CCCCCOS(=O)(=O)c1ccccc1.[NaH]. The van der Waals surface area contributed by atoms with Gasteiger partial charge in [-0.05, 0) is 24.5 Å². The van der Waals surface area contributed by atoms with Crippen LogP contribution in [-0.4, -0.2) is 44.6 Å². The molecule has 0 aliphatic carbocycles. The minimum absolute atomic E-state index is 0. The molecule has 0 aliphatic rings. The van der Waals surface area contributed by atoms with E-state index in [0.717, 1.165) is 19.3 Å². The van der Waals surface area contributed by atoms with Crippen molar-refractivity contribution in [2.75, 3.05) is 6.61 Å². The molecule has 0 spiro atoms. The van der Waals surface area contributed by atoms with Crippen molar-refractivity contribution in [3.63, 3.8) is 0 Å². The first-order valence-electron chi connectivity index (χ1n) is 6.47. The van der Waals surface area contributed by atoms with Gasteiger partial charge in [0.15, 0.2) is 0 Å². The Balaban J connectivity index is 0.00000324. The predicted molar refractivity (Wildman–Crippen MR) is 80.0 cm³/mol. The molecular weight excluding hydrogens is 271 g/mol. The average molecular weight is 294 g/mol. The molecule has 0 aromatic heterocycles. The van der Waals surface area contributed by atoms with Gasteiger partial charge in [-0.25, -0.2) is 0 Å². The van der Waals surface area contributed by atoms with Gasteiger partial charge >= 0.3 is 29.6 Å². The average Bonchev–Trinajstić information content (AvgIpc) is 2.34. The molecule has 0 amide bonds. The summed E-state index contributed by atoms with van der Waals surface area (Å²) in [5.41, 5.74) is 0. The summed E-state index contributed by atoms with van der Waals surface area (Å²) in [5, 5.41) is 0. The Labute approximate surface area is 139 Å². The quantitative estimate of drug-likeness (QED) is 0.420. The van der Waals surface area contributed by atoms with Gasteiger partial charge in [-0.2, -0.15) is 8.42 Å². The van der Waals surface area contributed by atoms with Crippen LogP contribution in [0.3, 0.4) is 0 Å². The Kier molecular flexibility index (Phi) is 10.0. The Morgan fingerprint density at radius 1 is 1.05 bits per heavy atom. The molecular formula is C14H23NaO3S. The number of hydrogen-bond acceptors (Lipinski definition) is 3. The van der Waals surface area contributed by atoms with Crippen LogP contribution in [-0.2, 0) is 14.3 Å². The summed E-state index contributed by atoms with van der Waals surface area (Å²) in [6.07, 6.45) is 4.12. The first kappa shape index (κ1) is 19.1. The van der Waals surface area contributed by atoms with Crippen LogP contribution in [0.25, 0.3) is 0 Å². The van der Waals surface area contributed by atoms with E-state index in [0.29, 0.717) is 5.92 Å². The molecule has 0 bridgehead atoms. The summed E-state index contributed by atoms with van der Waals surface area (Å²) in [5.74, 6) is 0.707. The van der Waals surface area contributed by atoms with Gasteiger partial charge in [0.05, 0.1) is 11.5 Å². The summed E-state index contributed by atoms with van der Waals surface area (Å²) in [7, 11) is -3.56. The zero-order valence-electron chi connectivity index (χ0n) is 11.1. The van der Waals surface area contributed by atoms with Gasteiger partial charge in [-0.15, -0.1) is 0 Å². The van der Waals surface area contributed by atoms with E-state index in [1.165, 1.54) is 6.42 Å². The second kappa shape index (κ2) is 9.94. The van der Waals surface area contributed by atoms with E-state index in [4.69, 9.17) is 4.18 Å². The standard InChI is InChI=1S/C14H22O3S.Na.H/c1-13(2)9-5-4-8-12-17-18(15,16)14-10-6-3-7-11-14;;/h3,6-7,10-11,13H,4-5,8-9,12H2,1-2H3;;. The molecule has 0 fully saturated rings. The summed E-state index contributed by atoms with van der Waals surface area (Å²) in [4.78, 5) is 0.229. The van der Waals surface area contributed by atoms with Crippen molar-refractivity contribution in [3.8, 4) is 0 Å². The summed E-state index contributed by atoms with van der Waals surface area (Å²) < 4.78 is 28.5. The van der Waals surface area contributed by atoms with Gasteiger partial charge in [-0.1, -0.05) is 51.3 Å². The van der Waals surface area contributed by atoms with Crippen molar-refractivity contribution in [2.24, 2.45) is 5.92 Å². The molecule has 0 N–H and O–H groups in total. The Hall–Kier alpha value is 0.130. The maximum atomic E-state index is 11.8. The molecule has 0 heterocycles. The van der Waals surface area contributed by atoms with Gasteiger partial charge in [-0.3, -0.25) is 4.18 Å². The van der Waals surface area contributed by atoms with Gasteiger partial charge < -0.3 is 0 Å². The second-order valence-electron chi connectivity index (χ2n) is 4.83. The molecule has 1 aromatic carbocycles. The minimum atomic E-state index is -3.56. The molecule has 0 radical (unpaired) electrons. The van der Waals surface area contributed by atoms with E-state index in [9.17, 15) is 8.42 Å². The molecule has 1 rings (SSSR count). The topological polar surface area (TPSA) is 43.4 Å². The molecule has 0 saturated heterocycles. The van der Waals surface area contributed by atoms with E-state index in [1.807, 2.05) is 0 Å². The van der Waals surface area contributed by atoms with Crippen molar-refractivity contribution in [1.82, 2.24) is 0 Å². The van der Waals surface area contributed by atoms with Gasteiger partial charge in [0.2, 0.25) is 0 Å². The third-order valence-corrected chi connectivity index (χ3v) is 4.02. The first-order chi connectivity index (χ1) is 8.52. The fourth-order valence-electron chi connectivity index (χ4n) is 1.66. The Morgan fingerprint density at radius 2 is 1.68 bits per heavy atom. The third kappa shape index (κ3) is 8.10. The van der Waals surface area contributed by atoms with Crippen molar-refractivity contribution < 1.29 is 12.6 Å². The molecule has 0 unspecified atom stereocenters. The van der Waals surface area contributed by atoms with Crippen LogP contribution in [0.5, 0.6) is 0 Å². The van der Waals surface area contributed by atoms with Crippen LogP contribution in [0, 0.1) is 5.92 Å². The number of rotatable bonds is 8. The molecule has 5 heteroatoms. The summed E-state index contributed by atoms with van der Waals surface area (Å²) in [6.45, 7) is 4.65. The van der Waals surface area contributed by atoms with Crippen LogP contribution >= 0.6 is 0 Å². The molecule has 0 saturated carbocycles. The fourth-order valence-corrected chi connectivity index (χ4v) is 2.62. The van der Waals surface area contributed by atoms with Crippen molar-refractivity contribution >= 4 is 39.7 Å². The third-order valence-electron chi connectivity index (χ3n) is 2.70. The maximum absolute atomic E-state index is 11.8. The Morgan fingerprint density at radius 3 is 2.26 bits per heavy atom. The molecule has 0 aliphatic heterocycles. The number of benzene rings is 1. The zero-order valence-corrected chi connectivity index (χ0v) is 11.9. The molecule has 3 nitrogen and oxygen atoms in total. The number of hydrogen-bond donors (Lipinski definition) is 0. The van der Waals surface area contributed by atoms with Gasteiger partial charge in [0, 0.05) is 0 Å². The van der Waals surface area contributed by atoms with Crippen molar-refractivity contribution in [3.05, 3.63) is 30.3 Å². The van der Waals surface area contributed by atoms with Crippen molar-refractivity contribution in [2.45, 2.75) is 44.4 Å². The van der Waals surface area contributed by atoms with Gasteiger partial charge in [0.1, 0.15) is 0 Å². The van der Waals surface area contributed by atoms with Gasteiger partial charge in [0.25, 0.3) is 10.1 Å². The van der Waals surface area contributed by atoms with Crippen LogP contribution < -0.4 is 0 Å². The predicted octanol–water partition coefficient (Wildman–Crippen LogP) is 2.96. The molecule has 104 valence electrons. The molecule has 1 aromatic rings. The number of unbranched alkanes of at least 4 members (excludes halogenated alkanes) is 2. The van der Waals surface area contributed by atoms with Crippen LogP contribution in [0.2, 0.25) is 0 Å². The zero-order chi connectivity index (χ0) is 13.4. The monoisotopic (exact) mass is 294 g/mol. The van der Waals surface area contributed by atoms with E-state index < -0.39 is 10.1 Å².